The predicted octanol–water partition coefficient (Wildman–Crippen LogP) is 2.34. The van der Waals surface area contributed by atoms with Crippen molar-refractivity contribution >= 4 is 11.8 Å². The number of aromatic nitrogens is 6. The van der Waals surface area contributed by atoms with E-state index in [9.17, 15) is 0 Å². The molecule has 8 heteroatoms. The lowest BCUT2D eigenvalue weighted by Gasteiger charge is -2.06. The summed E-state index contributed by atoms with van der Waals surface area (Å²) in [6.07, 6.45) is 3.50. The predicted molar refractivity (Wildman–Crippen MR) is 77.5 cm³/mol. The largest absolute Gasteiger partial charge is 0.340 e. The van der Waals surface area contributed by atoms with Gasteiger partial charge in [0.2, 0.25) is 5.89 Å². The zero-order chi connectivity index (χ0) is 14.7. The Balaban J connectivity index is 1.82. The van der Waals surface area contributed by atoms with Gasteiger partial charge in [-0.05, 0) is 19.1 Å². The van der Waals surface area contributed by atoms with E-state index in [4.69, 9.17) is 4.52 Å². The Morgan fingerprint density at radius 1 is 1.24 bits per heavy atom. The van der Waals surface area contributed by atoms with Crippen molar-refractivity contribution in [2.45, 2.75) is 31.3 Å². The van der Waals surface area contributed by atoms with Gasteiger partial charge in [0.15, 0.2) is 16.8 Å². The van der Waals surface area contributed by atoms with Crippen molar-refractivity contribution in [3.63, 3.8) is 0 Å². The van der Waals surface area contributed by atoms with Gasteiger partial charge in [0.05, 0.1) is 5.75 Å². The molecule has 3 heterocycles. The van der Waals surface area contributed by atoms with Crippen LogP contribution in [0.4, 0.5) is 0 Å². The van der Waals surface area contributed by atoms with Gasteiger partial charge in [0.1, 0.15) is 0 Å². The summed E-state index contributed by atoms with van der Waals surface area (Å²) in [5.41, 5.74) is 1.00. The minimum absolute atomic E-state index is 0.569. The Hall–Kier alpha value is -2.22. The second-order valence-electron chi connectivity index (χ2n) is 4.30. The topological polar surface area (TPSA) is 82.5 Å². The van der Waals surface area contributed by atoms with Gasteiger partial charge in [-0.2, -0.15) is 4.98 Å². The molecule has 3 rings (SSSR count). The highest BCUT2D eigenvalue weighted by Crippen LogP contribution is 2.25. The van der Waals surface area contributed by atoms with Crippen LogP contribution in [0.5, 0.6) is 0 Å². The molecule has 0 radical (unpaired) electrons. The van der Waals surface area contributed by atoms with Gasteiger partial charge in [-0.3, -0.25) is 4.98 Å². The van der Waals surface area contributed by atoms with Crippen LogP contribution < -0.4 is 0 Å². The summed E-state index contributed by atoms with van der Waals surface area (Å²) in [6, 6.07) is 3.85. The van der Waals surface area contributed by atoms with E-state index in [2.05, 4.69) is 36.8 Å². The molecular weight excluding hydrogens is 288 g/mol. The fourth-order valence-corrected chi connectivity index (χ4v) is 2.77. The van der Waals surface area contributed by atoms with Crippen LogP contribution in [0.15, 0.2) is 34.2 Å². The molecule has 3 aromatic heterocycles. The number of hydrogen-bond donors (Lipinski definition) is 0. The van der Waals surface area contributed by atoms with Crippen LogP contribution in [-0.4, -0.2) is 29.9 Å². The molecular formula is C13H14N6OS. The number of rotatable bonds is 5. The highest BCUT2D eigenvalue weighted by molar-refractivity contribution is 7.98. The summed E-state index contributed by atoms with van der Waals surface area (Å²) in [6.45, 7) is 4.63. The second kappa shape index (κ2) is 6.04. The van der Waals surface area contributed by atoms with Crippen LogP contribution in [0.3, 0.4) is 0 Å². The molecule has 0 amide bonds. The van der Waals surface area contributed by atoms with E-state index in [1.807, 2.05) is 12.1 Å². The normalized spacial score (nSPS) is 11.0. The van der Waals surface area contributed by atoms with Crippen LogP contribution in [0.25, 0.3) is 11.4 Å². The first-order valence-corrected chi connectivity index (χ1v) is 7.52. The fraction of sp³-hybridized carbons (Fsp3) is 0.308. The van der Waals surface area contributed by atoms with E-state index in [0.29, 0.717) is 17.5 Å². The minimum atomic E-state index is 0.569. The third-order valence-electron chi connectivity index (χ3n) is 2.87. The van der Waals surface area contributed by atoms with Crippen LogP contribution >= 0.6 is 11.8 Å². The SMILES string of the molecule is CCn1c(SCc2noc(C)n2)nnc1-c1ccncc1. The highest BCUT2D eigenvalue weighted by Gasteiger charge is 2.14. The summed E-state index contributed by atoms with van der Waals surface area (Å²) in [5.74, 6) is 2.67. The maximum absolute atomic E-state index is 4.96. The zero-order valence-corrected chi connectivity index (χ0v) is 12.5. The molecule has 0 atom stereocenters. The summed E-state index contributed by atoms with van der Waals surface area (Å²) < 4.78 is 7.02. The number of hydrogen-bond acceptors (Lipinski definition) is 7. The Morgan fingerprint density at radius 3 is 2.71 bits per heavy atom. The lowest BCUT2D eigenvalue weighted by molar-refractivity contribution is 0.389. The first kappa shape index (κ1) is 13.7. The van der Waals surface area contributed by atoms with E-state index in [1.54, 1.807) is 31.1 Å². The molecule has 0 N–H and O–H groups in total. The lowest BCUT2D eigenvalue weighted by atomic mass is 10.2. The molecule has 0 saturated heterocycles. The average molecular weight is 302 g/mol. The van der Waals surface area contributed by atoms with Gasteiger partial charge in [-0.25, -0.2) is 0 Å². The van der Waals surface area contributed by atoms with Crippen LogP contribution in [0.2, 0.25) is 0 Å². The van der Waals surface area contributed by atoms with E-state index in [-0.39, 0.29) is 0 Å². The Kier molecular flexibility index (Phi) is 3.96. The van der Waals surface area contributed by atoms with E-state index in [1.165, 1.54) is 0 Å². The van der Waals surface area contributed by atoms with E-state index in [0.717, 1.165) is 23.1 Å². The third kappa shape index (κ3) is 2.94. The Labute approximate surface area is 125 Å². The van der Waals surface area contributed by atoms with Crippen LogP contribution in [0.1, 0.15) is 18.6 Å². The molecule has 108 valence electrons. The fourth-order valence-electron chi connectivity index (χ4n) is 1.92. The second-order valence-corrected chi connectivity index (χ2v) is 5.25. The molecule has 0 aliphatic carbocycles. The molecule has 7 nitrogen and oxygen atoms in total. The van der Waals surface area contributed by atoms with Crippen molar-refractivity contribution < 1.29 is 4.52 Å². The molecule has 21 heavy (non-hydrogen) atoms. The lowest BCUT2D eigenvalue weighted by Crippen LogP contribution is -2.00. The summed E-state index contributed by atoms with van der Waals surface area (Å²) in [5, 5.41) is 13.2. The Morgan fingerprint density at radius 2 is 2.05 bits per heavy atom. The third-order valence-corrected chi connectivity index (χ3v) is 3.83. The van der Waals surface area contributed by atoms with Gasteiger partial charge in [0, 0.05) is 31.4 Å². The molecule has 0 aliphatic heterocycles. The zero-order valence-electron chi connectivity index (χ0n) is 11.7. The molecule has 0 unspecified atom stereocenters. The molecule has 0 aliphatic rings. The molecule has 0 bridgehead atoms. The average Bonchev–Trinajstić information content (AvgIpc) is 3.11. The van der Waals surface area contributed by atoms with Crippen molar-refractivity contribution in [2.24, 2.45) is 0 Å². The first-order valence-electron chi connectivity index (χ1n) is 6.53. The standard InChI is InChI=1S/C13H14N6OS/c1-3-19-12(10-4-6-14-7-5-10)16-17-13(19)21-8-11-15-9(2)20-18-11/h4-7H,3,8H2,1-2H3. The summed E-state index contributed by atoms with van der Waals surface area (Å²) >= 11 is 1.54. The van der Waals surface area contributed by atoms with Gasteiger partial charge in [-0.15, -0.1) is 10.2 Å². The first-order chi connectivity index (χ1) is 10.3. The van der Waals surface area contributed by atoms with Gasteiger partial charge < -0.3 is 9.09 Å². The molecule has 0 fully saturated rings. The van der Waals surface area contributed by atoms with E-state index >= 15 is 0 Å². The highest BCUT2D eigenvalue weighted by atomic mass is 32.2. The quantitative estimate of drug-likeness (QED) is 0.669. The summed E-state index contributed by atoms with van der Waals surface area (Å²) in [7, 11) is 0. The minimum Gasteiger partial charge on any atom is -0.340 e. The maximum atomic E-state index is 4.96. The van der Waals surface area contributed by atoms with Gasteiger partial charge >= 0.3 is 0 Å². The van der Waals surface area contributed by atoms with Crippen molar-refractivity contribution in [2.75, 3.05) is 0 Å². The van der Waals surface area contributed by atoms with Crippen molar-refractivity contribution in [1.82, 2.24) is 29.9 Å². The molecule has 3 aromatic rings. The van der Waals surface area contributed by atoms with Gasteiger partial charge in [0.25, 0.3) is 0 Å². The monoisotopic (exact) mass is 302 g/mol. The summed E-state index contributed by atoms with van der Waals surface area (Å²) in [4.78, 5) is 8.20. The number of pyridine rings is 1. The van der Waals surface area contributed by atoms with E-state index < -0.39 is 0 Å². The van der Waals surface area contributed by atoms with Gasteiger partial charge in [-0.1, -0.05) is 16.9 Å². The van der Waals surface area contributed by atoms with Crippen molar-refractivity contribution in [1.29, 1.82) is 0 Å². The Bertz CT molecular complexity index is 723. The van der Waals surface area contributed by atoms with Crippen LogP contribution in [0, 0.1) is 6.92 Å². The number of thioether (sulfide) groups is 1. The van der Waals surface area contributed by atoms with Crippen LogP contribution in [-0.2, 0) is 12.3 Å². The van der Waals surface area contributed by atoms with Crippen molar-refractivity contribution in [3.05, 3.63) is 36.2 Å². The van der Waals surface area contributed by atoms with Crippen molar-refractivity contribution in [3.8, 4) is 11.4 Å². The molecule has 0 aromatic carbocycles. The number of aryl methyl sites for hydroxylation is 1. The number of nitrogens with zero attached hydrogens (tertiary/aromatic N) is 6. The molecule has 0 spiro atoms. The molecule has 0 saturated carbocycles. The maximum Gasteiger partial charge on any atom is 0.223 e. The smallest absolute Gasteiger partial charge is 0.223 e.